The summed E-state index contributed by atoms with van der Waals surface area (Å²) < 4.78 is 1.47. The molecular weight excluding hydrogens is 288 g/mol. The molecule has 1 aromatic carbocycles. The van der Waals surface area contributed by atoms with Gasteiger partial charge in [0.25, 0.3) is 5.56 Å². The number of H-pyrrole nitrogens is 1. The van der Waals surface area contributed by atoms with E-state index in [4.69, 9.17) is 0 Å². The fraction of sp³-hybridized carbons (Fsp3) is 0.0556. The van der Waals surface area contributed by atoms with Crippen LogP contribution in [0.5, 0.6) is 0 Å². The van der Waals surface area contributed by atoms with Crippen molar-refractivity contribution in [3.63, 3.8) is 0 Å². The molecule has 0 spiro atoms. The highest BCUT2D eigenvalue weighted by molar-refractivity contribution is 5.74. The predicted octanol–water partition coefficient (Wildman–Crippen LogP) is 2.68. The summed E-state index contributed by atoms with van der Waals surface area (Å²) in [6, 6.07) is 15.6. The lowest BCUT2D eigenvalue weighted by Gasteiger charge is -2.02. The third-order valence-electron chi connectivity index (χ3n) is 3.79. The molecule has 112 valence electrons. The molecule has 0 unspecified atom stereocenters. The van der Waals surface area contributed by atoms with Crippen LogP contribution < -0.4 is 5.56 Å². The Kier molecular flexibility index (Phi) is 3.24. The van der Waals surface area contributed by atoms with E-state index in [9.17, 15) is 4.79 Å². The number of hydrogen-bond acceptors (Lipinski definition) is 3. The molecule has 3 heterocycles. The predicted molar refractivity (Wildman–Crippen MR) is 88.3 cm³/mol. The van der Waals surface area contributed by atoms with Crippen molar-refractivity contribution in [3.05, 3.63) is 88.6 Å². The van der Waals surface area contributed by atoms with Gasteiger partial charge in [0.05, 0.1) is 11.3 Å². The molecule has 1 N–H and O–H groups in total. The lowest BCUT2D eigenvalue weighted by atomic mass is 10.1. The van der Waals surface area contributed by atoms with E-state index in [-0.39, 0.29) is 5.56 Å². The summed E-state index contributed by atoms with van der Waals surface area (Å²) in [6.45, 7) is 0. The van der Waals surface area contributed by atoms with E-state index >= 15 is 0 Å². The number of fused-ring (bicyclic) bond motifs is 1. The van der Waals surface area contributed by atoms with Crippen LogP contribution in [0.2, 0.25) is 0 Å². The Bertz CT molecular complexity index is 1000. The summed E-state index contributed by atoms with van der Waals surface area (Å²) in [5.41, 5.74) is 3.85. The zero-order valence-corrected chi connectivity index (χ0v) is 12.3. The van der Waals surface area contributed by atoms with Crippen LogP contribution in [0.3, 0.4) is 0 Å². The van der Waals surface area contributed by atoms with Gasteiger partial charge in [0.1, 0.15) is 0 Å². The molecule has 0 saturated carbocycles. The molecular formula is C18H14N4O. The summed E-state index contributed by atoms with van der Waals surface area (Å²) in [4.78, 5) is 21.4. The first-order chi connectivity index (χ1) is 11.3. The maximum atomic E-state index is 12.6. The Morgan fingerprint density at radius 2 is 1.83 bits per heavy atom. The van der Waals surface area contributed by atoms with Crippen LogP contribution in [0, 0.1) is 0 Å². The molecule has 0 atom stereocenters. The van der Waals surface area contributed by atoms with Gasteiger partial charge in [-0.1, -0.05) is 36.4 Å². The number of pyridine rings is 1. The molecule has 5 nitrogen and oxygen atoms in total. The topological polar surface area (TPSA) is 63.0 Å². The second-order valence-electron chi connectivity index (χ2n) is 5.31. The molecule has 4 rings (SSSR count). The minimum absolute atomic E-state index is 0.0824. The largest absolute Gasteiger partial charge is 0.296 e. The van der Waals surface area contributed by atoms with Gasteiger partial charge in [-0.25, -0.2) is 9.50 Å². The molecule has 5 heteroatoms. The summed E-state index contributed by atoms with van der Waals surface area (Å²) in [6.07, 6.45) is 5.71. The summed E-state index contributed by atoms with van der Waals surface area (Å²) in [7, 11) is 0. The fourth-order valence-corrected chi connectivity index (χ4v) is 2.64. The van der Waals surface area contributed by atoms with Gasteiger partial charge in [-0.3, -0.25) is 14.9 Å². The van der Waals surface area contributed by atoms with Crippen molar-refractivity contribution < 1.29 is 0 Å². The van der Waals surface area contributed by atoms with Crippen molar-refractivity contribution in [3.8, 4) is 11.3 Å². The maximum Gasteiger partial charge on any atom is 0.276 e. The van der Waals surface area contributed by atoms with E-state index in [0.29, 0.717) is 17.6 Å². The normalized spacial score (nSPS) is 11.0. The minimum Gasteiger partial charge on any atom is -0.296 e. The first-order valence-electron chi connectivity index (χ1n) is 7.36. The number of aromatic nitrogens is 4. The van der Waals surface area contributed by atoms with Crippen LogP contribution in [-0.4, -0.2) is 19.6 Å². The molecule has 0 radical (unpaired) electrons. The number of nitrogens with one attached hydrogen (secondary N) is 1. The summed E-state index contributed by atoms with van der Waals surface area (Å²) in [5, 5.41) is 2.98. The number of aromatic amines is 1. The second-order valence-corrected chi connectivity index (χ2v) is 5.31. The Hall–Kier alpha value is -3.21. The SMILES string of the molecule is O=c1c(Cc2ccccc2)cnc2c(-c3ccccn3)c[nH]n12. The van der Waals surface area contributed by atoms with Crippen LogP contribution in [-0.2, 0) is 6.42 Å². The van der Waals surface area contributed by atoms with Crippen LogP contribution in [0.1, 0.15) is 11.1 Å². The average molecular weight is 302 g/mol. The third kappa shape index (κ3) is 2.42. The highest BCUT2D eigenvalue weighted by Gasteiger charge is 2.12. The molecule has 3 aromatic heterocycles. The molecule has 23 heavy (non-hydrogen) atoms. The standard InChI is InChI=1S/C18H14N4O/c23-18-14(10-13-6-2-1-3-7-13)11-20-17-15(12-21-22(17)18)16-8-4-5-9-19-16/h1-9,11-12,21H,10H2. The van der Waals surface area contributed by atoms with Crippen molar-refractivity contribution >= 4 is 5.65 Å². The van der Waals surface area contributed by atoms with Crippen LogP contribution in [0.25, 0.3) is 16.9 Å². The fourth-order valence-electron chi connectivity index (χ4n) is 2.64. The van der Waals surface area contributed by atoms with Gasteiger partial charge in [-0.05, 0) is 17.7 Å². The number of nitrogens with zero attached hydrogens (tertiary/aromatic N) is 3. The van der Waals surface area contributed by atoms with E-state index in [1.165, 1.54) is 4.52 Å². The molecule has 0 aliphatic rings. The molecule has 0 aliphatic heterocycles. The minimum atomic E-state index is -0.0824. The first-order valence-corrected chi connectivity index (χ1v) is 7.36. The monoisotopic (exact) mass is 302 g/mol. The van der Waals surface area contributed by atoms with E-state index in [2.05, 4.69) is 15.1 Å². The molecule has 0 bridgehead atoms. The third-order valence-corrected chi connectivity index (χ3v) is 3.79. The van der Waals surface area contributed by atoms with Crippen molar-refractivity contribution in [2.24, 2.45) is 0 Å². The van der Waals surface area contributed by atoms with Gasteiger partial charge in [0, 0.05) is 30.6 Å². The Labute approximate surface area is 132 Å². The van der Waals surface area contributed by atoms with Gasteiger partial charge < -0.3 is 0 Å². The molecule has 0 aliphatic carbocycles. The zero-order chi connectivity index (χ0) is 15.6. The Morgan fingerprint density at radius 1 is 1.00 bits per heavy atom. The molecule has 0 fully saturated rings. The Morgan fingerprint density at radius 3 is 2.61 bits per heavy atom. The summed E-state index contributed by atoms with van der Waals surface area (Å²) >= 11 is 0. The molecule has 0 amide bonds. The number of benzene rings is 1. The maximum absolute atomic E-state index is 12.6. The number of hydrogen-bond donors (Lipinski definition) is 1. The van der Waals surface area contributed by atoms with E-state index in [1.807, 2.05) is 48.5 Å². The highest BCUT2D eigenvalue weighted by atomic mass is 16.1. The highest BCUT2D eigenvalue weighted by Crippen LogP contribution is 2.19. The van der Waals surface area contributed by atoms with Crippen molar-refractivity contribution in [2.45, 2.75) is 6.42 Å². The van der Waals surface area contributed by atoms with Crippen LogP contribution in [0.4, 0.5) is 0 Å². The van der Waals surface area contributed by atoms with Gasteiger partial charge in [0.15, 0.2) is 5.65 Å². The van der Waals surface area contributed by atoms with Gasteiger partial charge in [-0.2, -0.15) is 0 Å². The Balaban J connectivity index is 1.80. The van der Waals surface area contributed by atoms with Gasteiger partial charge >= 0.3 is 0 Å². The van der Waals surface area contributed by atoms with E-state index < -0.39 is 0 Å². The van der Waals surface area contributed by atoms with Gasteiger partial charge in [0.2, 0.25) is 0 Å². The van der Waals surface area contributed by atoms with Crippen molar-refractivity contribution in [1.82, 2.24) is 19.6 Å². The smallest absolute Gasteiger partial charge is 0.276 e. The number of rotatable bonds is 3. The van der Waals surface area contributed by atoms with E-state index in [0.717, 1.165) is 16.8 Å². The lowest BCUT2D eigenvalue weighted by molar-refractivity contribution is 0.873. The molecule has 0 saturated heterocycles. The quantitative estimate of drug-likeness (QED) is 0.633. The zero-order valence-electron chi connectivity index (χ0n) is 12.3. The van der Waals surface area contributed by atoms with Crippen LogP contribution in [0.15, 0.2) is 71.9 Å². The summed E-state index contributed by atoms with van der Waals surface area (Å²) in [5.74, 6) is 0. The van der Waals surface area contributed by atoms with Crippen molar-refractivity contribution in [1.29, 1.82) is 0 Å². The first kappa shape index (κ1) is 13.5. The van der Waals surface area contributed by atoms with E-state index in [1.54, 1.807) is 18.6 Å². The van der Waals surface area contributed by atoms with Crippen molar-refractivity contribution in [2.75, 3.05) is 0 Å². The molecule has 4 aromatic rings. The van der Waals surface area contributed by atoms with Gasteiger partial charge in [-0.15, -0.1) is 0 Å². The second kappa shape index (κ2) is 5.53. The average Bonchev–Trinajstić information content (AvgIpc) is 3.04. The lowest BCUT2D eigenvalue weighted by Crippen LogP contribution is -2.19. The van der Waals surface area contributed by atoms with Crippen LogP contribution >= 0.6 is 0 Å².